The Morgan fingerprint density at radius 2 is 2.04 bits per heavy atom. The highest BCUT2D eigenvalue weighted by Crippen LogP contribution is 2.27. The van der Waals surface area contributed by atoms with Crippen molar-refractivity contribution in [3.63, 3.8) is 0 Å². The van der Waals surface area contributed by atoms with Crippen LogP contribution in [0.2, 0.25) is 0 Å². The number of rotatable bonds is 3. The number of carbonyl (C=O) groups excluding carboxylic acids is 1. The van der Waals surface area contributed by atoms with E-state index in [9.17, 15) is 4.79 Å². The van der Waals surface area contributed by atoms with Crippen molar-refractivity contribution in [2.24, 2.45) is 0 Å². The molecule has 0 saturated carbocycles. The highest BCUT2D eigenvalue weighted by atomic mass is 16.5. The van der Waals surface area contributed by atoms with Gasteiger partial charge in [0.05, 0.1) is 24.1 Å². The second-order valence-corrected chi connectivity index (χ2v) is 6.95. The van der Waals surface area contributed by atoms with Crippen molar-refractivity contribution in [3.05, 3.63) is 35.0 Å². The summed E-state index contributed by atoms with van der Waals surface area (Å²) in [4.78, 5) is 25.9. The number of nitrogens with one attached hydrogen (secondary N) is 1. The number of ether oxygens (including phenoxy) is 1. The molecule has 2 fully saturated rings. The van der Waals surface area contributed by atoms with Gasteiger partial charge in [0.15, 0.2) is 0 Å². The summed E-state index contributed by atoms with van der Waals surface area (Å²) in [6.07, 6.45) is 2.59. The third kappa shape index (κ3) is 3.29. The summed E-state index contributed by atoms with van der Waals surface area (Å²) in [5.74, 6) is 2.01. The summed E-state index contributed by atoms with van der Waals surface area (Å²) in [6.45, 7) is 8.16. The third-order valence-corrected chi connectivity index (χ3v) is 5.08. The van der Waals surface area contributed by atoms with Gasteiger partial charge in [-0.3, -0.25) is 9.89 Å². The van der Waals surface area contributed by atoms with Crippen LogP contribution >= 0.6 is 0 Å². The molecule has 4 rings (SSSR count). The van der Waals surface area contributed by atoms with Crippen LogP contribution in [0.25, 0.3) is 0 Å². The van der Waals surface area contributed by atoms with Gasteiger partial charge in [-0.05, 0) is 20.3 Å². The van der Waals surface area contributed by atoms with Crippen LogP contribution in [0, 0.1) is 13.8 Å². The van der Waals surface area contributed by atoms with E-state index in [-0.39, 0.29) is 11.8 Å². The van der Waals surface area contributed by atoms with E-state index in [4.69, 9.17) is 4.74 Å². The second kappa shape index (κ2) is 7.03. The molecule has 4 heterocycles. The van der Waals surface area contributed by atoms with Crippen LogP contribution in [0.1, 0.15) is 39.9 Å². The molecule has 1 amide bonds. The monoisotopic (exact) mass is 356 g/mol. The number of carbonyl (C=O) groups is 1. The fourth-order valence-electron chi connectivity index (χ4n) is 3.71. The SMILES string of the molecule is Cc1cc(N2CCN(C(=O)c3cn[nH]c3C3CCOC3)CC2)nc(C)n1. The Balaban J connectivity index is 1.43. The number of hydrogen-bond donors (Lipinski definition) is 1. The summed E-state index contributed by atoms with van der Waals surface area (Å²) >= 11 is 0. The minimum Gasteiger partial charge on any atom is -0.381 e. The maximum absolute atomic E-state index is 13.0. The Labute approximate surface area is 152 Å². The molecule has 2 aliphatic heterocycles. The lowest BCUT2D eigenvalue weighted by molar-refractivity contribution is 0.0744. The molecule has 2 saturated heterocycles. The average Bonchev–Trinajstić information content (AvgIpc) is 3.31. The van der Waals surface area contributed by atoms with Gasteiger partial charge in [-0.2, -0.15) is 5.10 Å². The molecule has 138 valence electrons. The lowest BCUT2D eigenvalue weighted by Crippen LogP contribution is -2.49. The van der Waals surface area contributed by atoms with Gasteiger partial charge in [0.2, 0.25) is 0 Å². The van der Waals surface area contributed by atoms with Crippen molar-refractivity contribution < 1.29 is 9.53 Å². The Morgan fingerprint density at radius 1 is 1.23 bits per heavy atom. The van der Waals surface area contributed by atoms with Crippen LogP contribution < -0.4 is 4.90 Å². The van der Waals surface area contributed by atoms with E-state index in [0.717, 1.165) is 49.1 Å². The summed E-state index contributed by atoms with van der Waals surface area (Å²) in [5.41, 5.74) is 2.56. The fraction of sp³-hybridized carbons (Fsp3) is 0.556. The summed E-state index contributed by atoms with van der Waals surface area (Å²) in [6, 6.07) is 2.00. The molecule has 2 aromatic heterocycles. The molecule has 1 N–H and O–H groups in total. The van der Waals surface area contributed by atoms with Gasteiger partial charge >= 0.3 is 0 Å². The van der Waals surface area contributed by atoms with Gasteiger partial charge in [-0.15, -0.1) is 0 Å². The number of H-pyrrole nitrogens is 1. The van der Waals surface area contributed by atoms with Crippen molar-refractivity contribution in [1.82, 2.24) is 25.1 Å². The molecule has 0 spiro atoms. The first-order chi connectivity index (χ1) is 12.6. The molecule has 0 aromatic carbocycles. The fourth-order valence-corrected chi connectivity index (χ4v) is 3.71. The van der Waals surface area contributed by atoms with Gasteiger partial charge in [-0.1, -0.05) is 0 Å². The van der Waals surface area contributed by atoms with Crippen molar-refractivity contribution in [2.45, 2.75) is 26.2 Å². The predicted molar refractivity (Wildman–Crippen MR) is 96.4 cm³/mol. The number of aromatic amines is 1. The van der Waals surface area contributed by atoms with E-state index in [1.165, 1.54) is 0 Å². The van der Waals surface area contributed by atoms with Crippen LogP contribution in [0.15, 0.2) is 12.3 Å². The van der Waals surface area contributed by atoms with Crippen LogP contribution in [-0.4, -0.2) is 70.4 Å². The lowest BCUT2D eigenvalue weighted by Gasteiger charge is -2.35. The Bertz CT molecular complexity index is 770. The standard InChI is InChI=1S/C18H24N6O2/c1-12-9-16(21-13(2)20-12)23-4-6-24(7-5-23)18(25)15-10-19-22-17(15)14-3-8-26-11-14/h9-10,14H,3-8,11H2,1-2H3,(H,19,22). The van der Waals surface area contributed by atoms with Crippen LogP contribution in [-0.2, 0) is 4.74 Å². The summed E-state index contributed by atoms with van der Waals surface area (Å²) < 4.78 is 5.45. The van der Waals surface area contributed by atoms with Crippen LogP contribution in [0.3, 0.4) is 0 Å². The van der Waals surface area contributed by atoms with Crippen molar-refractivity contribution in [1.29, 1.82) is 0 Å². The highest BCUT2D eigenvalue weighted by Gasteiger charge is 2.29. The zero-order valence-corrected chi connectivity index (χ0v) is 15.2. The Hall–Kier alpha value is -2.48. The number of aryl methyl sites for hydroxylation is 2. The number of anilines is 1. The van der Waals surface area contributed by atoms with E-state index in [0.29, 0.717) is 25.3 Å². The minimum absolute atomic E-state index is 0.0512. The topological polar surface area (TPSA) is 87.2 Å². The van der Waals surface area contributed by atoms with E-state index < -0.39 is 0 Å². The first kappa shape index (κ1) is 17.0. The number of hydrogen-bond acceptors (Lipinski definition) is 6. The first-order valence-corrected chi connectivity index (χ1v) is 9.09. The van der Waals surface area contributed by atoms with Crippen LogP contribution in [0.5, 0.6) is 0 Å². The summed E-state index contributed by atoms with van der Waals surface area (Å²) in [7, 11) is 0. The molecule has 8 heteroatoms. The highest BCUT2D eigenvalue weighted by molar-refractivity contribution is 5.95. The molecular weight excluding hydrogens is 332 g/mol. The van der Waals surface area contributed by atoms with Crippen LogP contribution in [0.4, 0.5) is 5.82 Å². The van der Waals surface area contributed by atoms with Gasteiger partial charge < -0.3 is 14.5 Å². The number of aromatic nitrogens is 4. The largest absolute Gasteiger partial charge is 0.381 e. The molecule has 0 aliphatic carbocycles. The van der Waals surface area contributed by atoms with Gasteiger partial charge in [0, 0.05) is 50.5 Å². The molecule has 8 nitrogen and oxygen atoms in total. The lowest BCUT2D eigenvalue weighted by atomic mass is 10.0. The number of nitrogens with zero attached hydrogens (tertiary/aromatic N) is 5. The molecule has 1 unspecified atom stereocenters. The second-order valence-electron chi connectivity index (χ2n) is 6.95. The zero-order valence-electron chi connectivity index (χ0n) is 15.2. The van der Waals surface area contributed by atoms with E-state index >= 15 is 0 Å². The molecule has 1 atom stereocenters. The quantitative estimate of drug-likeness (QED) is 0.891. The van der Waals surface area contributed by atoms with Gasteiger partial charge in [0.25, 0.3) is 5.91 Å². The van der Waals surface area contributed by atoms with E-state index in [2.05, 4.69) is 25.1 Å². The molecule has 0 bridgehead atoms. The first-order valence-electron chi connectivity index (χ1n) is 9.09. The Morgan fingerprint density at radius 3 is 2.73 bits per heavy atom. The molecule has 2 aliphatic rings. The minimum atomic E-state index is 0.0512. The average molecular weight is 356 g/mol. The Kier molecular flexibility index (Phi) is 4.58. The maximum Gasteiger partial charge on any atom is 0.257 e. The molecule has 26 heavy (non-hydrogen) atoms. The smallest absolute Gasteiger partial charge is 0.257 e. The summed E-state index contributed by atoms with van der Waals surface area (Å²) in [5, 5.41) is 7.12. The molecule has 0 radical (unpaired) electrons. The number of amides is 1. The van der Waals surface area contributed by atoms with Gasteiger partial charge in [-0.25, -0.2) is 9.97 Å². The van der Waals surface area contributed by atoms with E-state index in [1.54, 1.807) is 6.20 Å². The normalized spacial score (nSPS) is 20.6. The van der Waals surface area contributed by atoms with E-state index in [1.807, 2.05) is 24.8 Å². The van der Waals surface area contributed by atoms with Crippen molar-refractivity contribution >= 4 is 11.7 Å². The van der Waals surface area contributed by atoms with Crippen molar-refractivity contribution in [2.75, 3.05) is 44.3 Å². The predicted octanol–water partition coefficient (Wildman–Crippen LogP) is 1.28. The van der Waals surface area contributed by atoms with Crippen molar-refractivity contribution in [3.8, 4) is 0 Å². The maximum atomic E-state index is 13.0. The number of piperazine rings is 1. The molecular formula is C18H24N6O2. The molecule has 2 aromatic rings. The van der Waals surface area contributed by atoms with Gasteiger partial charge in [0.1, 0.15) is 11.6 Å². The third-order valence-electron chi connectivity index (χ3n) is 5.08. The zero-order chi connectivity index (χ0) is 18.1.